The van der Waals surface area contributed by atoms with E-state index in [2.05, 4.69) is 5.32 Å². The lowest BCUT2D eigenvalue weighted by atomic mass is 10.2. The first-order chi connectivity index (χ1) is 7.60. The second kappa shape index (κ2) is 7.37. The second-order valence-electron chi connectivity index (χ2n) is 3.30. The van der Waals surface area contributed by atoms with Crippen LogP contribution in [0.4, 0.5) is 5.69 Å². The van der Waals surface area contributed by atoms with Crippen molar-refractivity contribution in [3.8, 4) is 5.75 Å². The smallest absolute Gasteiger partial charge is 0.240 e. The zero-order valence-corrected chi connectivity index (χ0v) is 11.6. The van der Waals surface area contributed by atoms with Gasteiger partial charge in [-0.2, -0.15) is 0 Å². The molecule has 0 spiro atoms. The number of rotatable bonds is 4. The quantitative estimate of drug-likeness (QED) is 0.916. The van der Waals surface area contributed by atoms with Crippen molar-refractivity contribution in [3.63, 3.8) is 0 Å². The Hall–Kier alpha value is -0.970. The van der Waals surface area contributed by atoms with E-state index in [0.717, 1.165) is 5.69 Å². The van der Waals surface area contributed by atoms with E-state index in [4.69, 9.17) is 16.3 Å². The van der Waals surface area contributed by atoms with Crippen molar-refractivity contribution in [2.24, 2.45) is 0 Å². The van der Waals surface area contributed by atoms with E-state index in [0.29, 0.717) is 17.3 Å². The molecule has 0 saturated heterocycles. The summed E-state index contributed by atoms with van der Waals surface area (Å²) in [5, 5.41) is 3.30. The van der Waals surface area contributed by atoms with E-state index in [9.17, 15) is 4.79 Å². The Labute approximate surface area is 112 Å². The van der Waals surface area contributed by atoms with Gasteiger partial charge in [0, 0.05) is 12.7 Å². The highest BCUT2D eigenvalue weighted by molar-refractivity contribution is 6.32. The van der Waals surface area contributed by atoms with Gasteiger partial charge in [0.1, 0.15) is 5.75 Å². The highest BCUT2D eigenvalue weighted by Gasteiger charge is 2.11. The number of nitrogens with zero attached hydrogens (tertiary/aromatic N) is 1. The molecule has 0 fully saturated rings. The summed E-state index contributed by atoms with van der Waals surface area (Å²) in [6.45, 7) is 0.292. The van der Waals surface area contributed by atoms with Crippen LogP contribution in [0.15, 0.2) is 18.2 Å². The Balaban J connectivity index is 0.00000256. The molecule has 4 nitrogen and oxygen atoms in total. The third kappa shape index (κ3) is 4.07. The number of methoxy groups -OCH3 is 1. The number of hydrogen-bond acceptors (Lipinski definition) is 3. The maximum atomic E-state index is 11.6. The lowest BCUT2D eigenvalue weighted by Crippen LogP contribution is -2.34. The van der Waals surface area contributed by atoms with Gasteiger partial charge in [-0.15, -0.1) is 12.4 Å². The van der Waals surface area contributed by atoms with Gasteiger partial charge in [-0.3, -0.25) is 4.79 Å². The van der Waals surface area contributed by atoms with E-state index in [1.54, 1.807) is 44.3 Å². The van der Waals surface area contributed by atoms with E-state index in [1.807, 2.05) is 0 Å². The first kappa shape index (κ1) is 16.0. The van der Waals surface area contributed by atoms with Crippen LogP contribution >= 0.6 is 24.0 Å². The predicted molar refractivity (Wildman–Crippen MR) is 72.6 cm³/mol. The van der Waals surface area contributed by atoms with Crippen molar-refractivity contribution in [2.45, 2.75) is 0 Å². The molecule has 0 unspecified atom stereocenters. The standard InChI is InChI=1S/C11H15ClN2O2.ClH/c1-13-7-11(15)14(2)8-4-5-10(16-3)9(12)6-8;/h4-6,13H,7H2,1-3H3;1H. The largest absolute Gasteiger partial charge is 0.495 e. The molecule has 96 valence electrons. The van der Waals surface area contributed by atoms with E-state index in [-0.39, 0.29) is 18.3 Å². The van der Waals surface area contributed by atoms with Crippen molar-refractivity contribution in [1.82, 2.24) is 5.32 Å². The number of hydrogen-bond donors (Lipinski definition) is 1. The fourth-order valence-corrected chi connectivity index (χ4v) is 1.53. The number of anilines is 1. The molecule has 0 aromatic heterocycles. The maximum absolute atomic E-state index is 11.6. The molecule has 0 bridgehead atoms. The summed E-state index contributed by atoms with van der Waals surface area (Å²) < 4.78 is 5.04. The van der Waals surface area contributed by atoms with Crippen LogP contribution in [0, 0.1) is 0 Å². The molecule has 6 heteroatoms. The topological polar surface area (TPSA) is 41.6 Å². The third-order valence-corrected chi connectivity index (χ3v) is 2.52. The van der Waals surface area contributed by atoms with Gasteiger partial charge in [-0.25, -0.2) is 0 Å². The number of amides is 1. The summed E-state index contributed by atoms with van der Waals surface area (Å²) >= 11 is 5.98. The van der Waals surface area contributed by atoms with Gasteiger partial charge in [0.15, 0.2) is 0 Å². The predicted octanol–water partition coefficient (Wildman–Crippen LogP) is 1.95. The van der Waals surface area contributed by atoms with Crippen LogP contribution in [0.25, 0.3) is 0 Å². The second-order valence-corrected chi connectivity index (χ2v) is 3.71. The average molecular weight is 279 g/mol. The van der Waals surface area contributed by atoms with Gasteiger partial charge in [0.05, 0.1) is 18.7 Å². The van der Waals surface area contributed by atoms with Gasteiger partial charge in [0.25, 0.3) is 0 Å². The minimum Gasteiger partial charge on any atom is -0.495 e. The highest BCUT2D eigenvalue weighted by atomic mass is 35.5. The highest BCUT2D eigenvalue weighted by Crippen LogP contribution is 2.28. The molecule has 1 N–H and O–H groups in total. The number of carbonyl (C=O) groups is 1. The fourth-order valence-electron chi connectivity index (χ4n) is 1.28. The number of likely N-dealkylation sites (N-methyl/N-ethyl adjacent to an activating group) is 2. The van der Waals surface area contributed by atoms with Crippen LogP contribution in [-0.4, -0.2) is 33.7 Å². The Morgan fingerprint density at radius 3 is 2.65 bits per heavy atom. The number of nitrogens with one attached hydrogen (secondary N) is 1. The normalized spacial score (nSPS) is 9.41. The summed E-state index contributed by atoms with van der Waals surface area (Å²) in [7, 11) is 4.99. The Morgan fingerprint density at radius 2 is 2.18 bits per heavy atom. The molecule has 0 aliphatic rings. The summed E-state index contributed by atoms with van der Waals surface area (Å²) in [5.41, 5.74) is 0.742. The number of benzene rings is 1. The number of ether oxygens (including phenoxy) is 1. The third-order valence-electron chi connectivity index (χ3n) is 2.22. The van der Waals surface area contributed by atoms with E-state index >= 15 is 0 Å². The van der Waals surface area contributed by atoms with Crippen molar-refractivity contribution < 1.29 is 9.53 Å². The Morgan fingerprint density at radius 1 is 1.53 bits per heavy atom. The summed E-state index contributed by atoms with van der Waals surface area (Å²) in [6, 6.07) is 5.23. The van der Waals surface area contributed by atoms with Crippen molar-refractivity contribution in [2.75, 3.05) is 32.6 Å². The maximum Gasteiger partial charge on any atom is 0.240 e. The molecule has 1 aromatic carbocycles. The zero-order valence-electron chi connectivity index (χ0n) is 9.99. The molecule has 0 aliphatic carbocycles. The van der Waals surface area contributed by atoms with Crippen LogP contribution in [0.5, 0.6) is 5.75 Å². The first-order valence-corrected chi connectivity index (χ1v) is 5.22. The van der Waals surface area contributed by atoms with Gasteiger partial charge in [-0.1, -0.05) is 11.6 Å². The Kier molecular flexibility index (Phi) is 6.95. The SMILES string of the molecule is CNCC(=O)N(C)c1ccc(OC)c(Cl)c1.Cl. The van der Waals surface area contributed by atoms with Crippen LogP contribution in [0.2, 0.25) is 5.02 Å². The monoisotopic (exact) mass is 278 g/mol. The van der Waals surface area contributed by atoms with Crippen molar-refractivity contribution >= 4 is 35.6 Å². The van der Waals surface area contributed by atoms with Crippen LogP contribution in [0.3, 0.4) is 0 Å². The lowest BCUT2D eigenvalue weighted by Gasteiger charge is -2.18. The van der Waals surface area contributed by atoms with Gasteiger partial charge in [0.2, 0.25) is 5.91 Å². The minimum atomic E-state index is -0.0243. The van der Waals surface area contributed by atoms with Crippen LogP contribution in [0.1, 0.15) is 0 Å². The molecule has 0 heterocycles. The Bertz CT molecular complexity index is 386. The molecule has 1 rings (SSSR count). The van der Waals surface area contributed by atoms with E-state index in [1.165, 1.54) is 0 Å². The molecular weight excluding hydrogens is 263 g/mol. The van der Waals surface area contributed by atoms with Crippen LogP contribution in [-0.2, 0) is 4.79 Å². The fraction of sp³-hybridized carbons (Fsp3) is 0.364. The van der Waals surface area contributed by atoms with Gasteiger partial charge in [-0.05, 0) is 25.2 Å². The molecule has 0 atom stereocenters. The van der Waals surface area contributed by atoms with Crippen LogP contribution < -0.4 is 15.0 Å². The number of carbonyl (C=O) groups excluding carboxylic acids is 1. The van der Waals surface area contributed by atoms with Gasteiger partial charge < -0.3 is 15.0 Å². The average Bonchev–Trinajstić information content (AvgIpc) is 2.28. The molecule has 1 amide bonds. The molecule has 0 saturated carbocycles. The summed E-state index contributed by atoms with van der Waals surface area (Å²) in [6.07, 6.45) is 0. The van der Waals surface area contributed by atoms with E-state index < -0.39 is 0 Å². The van der Waals surface area contributed by atoms with Gasteiger partial charge >= 0.3 is 0 Å². The summed E-state index contributed by atoms with van der Waals surface area (Å²) in [5.74, 6) is 0.573. The molecule has 0 radical (unpaired) electrons. The number of halogens is 2. The molecular formula is C11H16Cl2N2O2. The molecule has 0 aliphatic heterocycles. The first-order valence-electron chi connectivity index (χ1n) is 4.85. The van der Waals surface area contributed by atoms with Crippen molar-refractivity contribution in [3.05, 3.63) is 23.2 Å². The summed E-state index contributed by atoms with van der Waals surface area (Å²) in [4.78, 5) is 13.1. The molecule has 1 aromatic rings. The zero-order chi connectivity index (χ0) is 12.1. The molecule has 17 heavy (non-hydrogen) atoms. The minimum absolute atomic E-state index is 0. The lowest BCUT2D eigenvalue weighted by molar-refractivity contribution is -0.117. The van der Waals surface area contributed by atoms with Crippen molar-refractivity contribution in [1.29, 1.82) is 0 Å².